The number of unbranched alkanes of at least 4 members (excludes halogenated alkanes) is 7. The van der Waals surface area contributed by atoms with Crippen LogP contribution in [0.2, 0.25) is 0 Å². The highest BCUT2D eigenvalue weighted by Gasteiger charge is 2.12. The van der Waals surface area contributed by atoms with Crippen molar-refractivity contribution in [3.05, 3.63) is 12.2 Å². The number of ether oxygens (including phenoxy) is 2. The van der Waals surface area contributed by atoms with E-state index in [0.29, 0.717) is 13.0 Å². The fourth-order valence-electron chi connectivity index (χ4n) is 2.36. The van der Waals surface area contributed by atoms with Crippen molar-refractivity contribution >= 4 is 5.97 Å². The lowest BCUT2D eigenvalue weighted by Gasteiger charge is -2.15. The highest BCUT2D eigenvalue weighted by Crippen LogP contribution is 2.08. The summed E-state index contributed by atoms with van der Waals surface area (Å²) in [5.41, 5.74) is 0. The van der Waals surface area contributed by atoms with Crippen LogP contribution in [0.4, 0.5) is 0 Å². The molecule has 0 fully saturated rings. The Kier molecular flexibility index (Phi) is 17.8. The second-order valence-corrected chi connectivity index (χ2v) is 6.29. The van der Waals surface area contributed by atoms with Gasteiger partial charge in [0.15, 0.2) is 0 Å². The molecule has 0 aromatic heterocycles. The molecule has 0 aliphatic carbocycles. The summed E-state index contributed by atoms with van der Waals surface area (Å²) in [6.07, 6.45) is 16.2. The molecule has 0 aromatic carbocycles. The summed E-state index contributed by atoms with van der Waals surface area (Å²) >= 11 is 0. The number of carbonyl (C=O) groups is 1. The van der Waals surface area contributed by atoms with Gasteiger partial charge in [0.05, 0.1) is 13.2 Å². The van der Waals surface area contributed by atoms with Crippen LogP contribution in [0.3, 0.4) is 0 Å². The number of allylic oxidation sites excluding steroid dienone is 2. The summed E-state index contributed by atoms with van der Waals surface area (Å²) in [5.74, 6) is -0.260. The maximum Gasteiger partial charge on any atom is 0.306 e. The third kappa shape index (κ3) is 16.0. The van der Waals surface area contributed by atoms with Gasteiger partial charge >= 0.3 is 5.97 Å². The van der Waals surface area contributed by atoms with Crippen LogP contribution in [0.1, 0.15) is 84.5 Å². The number of rotatable bonds is 17. The molecule has 0 amide bonds. The minimum atomic E-state index is -0.523. The molecule has 0 heterocycles. The van der Waals surface area contributed by atoms with Crippen LogP contribution >= 0.6 is 0 Å². The lowest BCUT2D eigenvalue weighted by atomic mass is 10.1. The van der Waals surface area contributed by atoms with Crippen molar-refractivity contribution in [2.75, 3.05) is 19.8 Å². The Balaban J connectivity index is 3.35. The number of hydrogen-bond acceptors (Lipinski definition) is 4. The van der Waals surface area contributed by atoms with Gasteiger partial charge in [0.1, 0.15) is 6.10 Å². The first-order valence-corrected chi connectivity index (χ1v) is 9.77. The number of esters is 1. The Labute approximate surface area is 148 Å². The second-order valence-electron chi connectivity index (χ2n) is 6.29. The highest BCUT2D eigenvalue weighted by atomic mass is 16.6. The molecule has 0 bridgehead atoms. The van der Waals surface area contributed by atoms with Crippen molar-refractivity contribution in [1.29, 1.82) is 0 Å². The van der Waals surface area contributed by atoms with Gasteiger partial charge in [0.2, 0.25) is 0 Å². The fraction of sp³-hybridized carbons (Fsp3) is 0.850. The summed E-state index contributed by atoms with van der Waals surface area (Å²) in [6, 6.07) is 0. The number of aliphatic hydroxyl groups is 1. The Hall–Kier alpha value is -0.870. The van der Waals surface area contributed by atoms with E-state index in [1.54, 1.807) is 0 Å². The fourth-order valence-corrected chi connectivity index (χ4v) is 2.36. The van der Waals surface area contributed by atoms with E-state index in [0.717, 1.165) is 12.8 Å². The van der Waals surface area contributed by atoms with Gasteiger partial charge in [0.25, 0.3) is 0 Å². The summed E-state index contributed by atoms with van der Waals surface area (Å²) in [5, 5.41) is 9.17. The molecule has 0 saturated heterocycles. The van der Waals surface area contributed by atoms with Gasteiger partial charge in [-0.1, -0.05) is 58.1 Å². The van der Waals surface area contributed by atoms with Crippen molar-refractivity contribution in [2.24, 2.45) is 0 Å². The maximum absolute atomic E-state index is 11.4. The molecular weight excluding hydrogens is 304 g/mol. The molecule has 0 aromatic rings. The first kappa shape index (κ1) is 23.1. The molecule has 0 aliphatic heterocycles. The van der Waals surface area contributed by atoms with E-state index >= 15 is 0 Å². The van der Waals surface area contributed by atoms with Crippen molar-refractivity contribution in [3.8, 4) is 0 Å². The molecule has 0 spiro atoms. The third-order valence-corrected chi connectivity index (χ3v) is 3.79. The molecule has 0 radical (unpaired) electrons. The zero-order valence-electron chi connectivity index (χ0n) is 15.8. The van der Waals surface area contributed by atoms with E-state index < -0.39 is 6.10 Å². The summed E-state index contributed by atoms with van der Waals surface area (Å²) in [4.78, 5) is 11.4. The smallest absolute Gasteiger partial charge is 0.306 e. The maximum atomic E-state index is 11.4. The van der Waals surface area contributed by atoms with Gasteiger partial charge in [-0.15, -0.1) is 0 Å². The van der Waals surface area contributed by atoms with Crippen LogP contribution in [0.15, 0.2) is 12.2 Å². The molecule has 142 valence electrons. The van der Waals surface area contributed by atoms with E-state index in [9.17, 15) is 9.90 Å². The molecule has 0 saturated carbocycles. The average Bonchev–Trinajstić information content (AvgIpc) is 2.58. The minimum Gasteiger partial charge on any atom is -0.457 e. The van der Waals surface area contributed by atoms with Gasteiger partial charge in [-0.05, 0) is 32.1 Å². The van der Waals surface area contributed by atoms with E-state index in [1.165, 1.54) is 51.4 Å². The van der Waals surface area contributed by atoms with Crippen LogP contribution < -0.4 is 0 Å². The second kappa shape index (κ2) is 18.5. The lowest BCUT2D eigenvalue weighted by molar-refractivity contribution is -0.154. The van der Waals surface area contributed by atoms with Crippen LogP contribution in [0, 0.1) is 0 Å². The quantitative estimate of drug-likeness (QED) is 0.234. The van der Waals surface area contributed by atoms with Crippen LogP contribution in [0.5, 0.6) is 0 Å². The van der Waals surface area contributed by atoms with Crippen molar-refractivity contribution in [2.45, 2.75) is 90.6 Å². The average molecular weight is 343 g/mol. The number of carbonyl (C=O) groups excluding carboxylic acids is 1. The largest absolute Gasteiger partial charge is 0.457 e. The van der Waals surface area contributed by atoms with Crippen molar-refractivity contribution < 1.29 is 19.4 Å². The topological polar surface area (TPSA) is 55.8 Å². The van der Waals surface area contributed by atoms with Crippen LogP contribution in [-0.2, 0) is 14.3 Å². The first-order chi connectivity index (χ1) is 11.7. The number of aliphatic hydroxyl groups excluding tert-OH is 1. The predicted molar refractivity (Wildman–Crippen MR) is 99.1 cm³/mol. The standard InChI is InChI=1S/C20H38O4/c1-3-5-6-7-8-9-10-11-12-13-14-16-23-18-19(17-21)24-20(22)15-4-2/h6-7,19,21H,3-5,8-18H2,1-2H3/b7-6-. The minimum absolute atomic E-state index is 0.178. The molecule has 24 heavy (non-hydrogen) atoms. The third-order valence-electron chi connectivity index (χ3n) is 3.79. The van der Waals surface area contributed by atoms with Gasteiger partial charge in [-0.2, -0.15) is 0 Å². The van der Waals surface area contributed by atoms with Crippen LogP contribution in [-0.4, -0.2) is 37.0 Å². The summed E-state index contributed by atoms with van der Waals surface area (Å²) < 4.78 is 10.6. The van der Waals surface area contributed by atoms with E-state index in [-0.39, 0.29) is 19.2 Å². The van der Waals surface area contributed by atoms with E-state index in [1.807, 2.05) is 6.92 Å². The Morgan fingerprint density at radius 2 is 1.62 bits per heavy atom. The molecule has 1 N–H and O–H groups in total. The molecule has 0 rings (SSSR count). The van der Waals surface area contributed by atoms with E-state index in [4.69, 9.17) is 9.47 Å². The van der Waals surface area contributed by atoms with Gasteiger partial charge in [-0.25, -0.2) is 0 Å². The van der Waals surface area contributed by atoms with Crippen LogP contribution in [0.25, 0.3) is 0 Å². The molecule has 4 heteroatoms. The van der Waals surface area contributed by atoms with Crippen molar-refractivity contribution in [3.63, 3.8) is 0 Å². The molecule has 0 aliphatic rings. The monoisotopic (exact) mass is 342 g/mol. The molecular formula is C20H38O4. The summed E-state index contributed by atoms with van der Waals surface area (Å²) in [7, 11) is 0. The summed E-state index contributed by atoms with van der Waals surface area (Å²) in [6.45, 7) is 4.91. The molecule has 4 nitrogen and oxygen atoms in total. The van der Waals surface area contributed by atoms with Gasteiger partial charge in [0, 0.05) is 13.0 Å². The van der Waals surface area contributed by atoms with E-state index in [2.05, 4.69) is 19.1 Å². The normalized spacial score (nSPS) is 12.6. The zero-order valence-corrected chi connectivity index (χ0v) is 15.8. The molecule has 1 atom stereocenters. The Morgan fingerprint density at radius 3 is 2.29 bits per heavy atom. The SMILES string of the molecule is CCC/C=C\CCCCCCCCOCC(CO)OC(=O)CCC. The van der Waals surface area contributed by atoms with Crippen molar-refractivity contribution in [1.82, 2.24) is 0 Å². The van der Waals surface area contributed by atoms with Gasteiger partial charge in [-0.3, -0.25) is 4.79 Å². The molecule has 1 unspecified atom stereocenters. The Bertz CT molecular complexity index is 302. The Morgan fingerprint density at radius 1 is 0.958 bits per heavy atom. The van der Waals surface area contributed by atoms with Gasteiger partial charge < -0.3 is 14.6 Å². The number of hydrogen-bond donors (Lipinski definition) is 1. The lowest BCUT2D eigenvalue weighted by Crippen LogP contribution is -2.27. The zero-order chi connectivity index (χ0) is 17.9. The predicted octanol–water partition coefficient (Wildman–Crippen LogP) is 4.79. The first-order valence-electron chi connectivity index (χ1n) is 9.77. The highest BCUT2D eigenvalue weighted by molar-refractivity contribution is 5.69.